The number of nitrogens with one attached hydrogen (secondary N) is 1. The van der Waals surface area contributed by atoms with E-state index in [4.69, 9.17) is 9.47 Å². The average molecular weight is 414 g/mol. The van der Waals surface area contributed by atoms with Crippen LogP contribution in [0.25, 0.3) is 0 Å². The van der Waals surface area contributed by atoms with Gasteiger partial charge in [0.2, 0.25) is 0 Å². The van der Waals surface area contributed by atoms with Crippen LogP contribution in [0.1, 0.15) is 37.9 Å². The van der Waals surface area contributed by atoms with Gasteiger partial charge in [-0.15, -0.1) is 0 Å². The van der Waals surface area contributed by atoms with Crippen LogP contribution in [0.15, 0.2) is 48.5 Å². The zero-order chi connectivity index (χ0) is 22.1. The van der Waals surface area contributed by atoms with E-state index in [-0.39, 0.29) is 17.5 Å². The number of esters is 1. The van der Waals surface area contributed by atoms with E-state index >= 15 is 0 Å². The van der Waals surface area contributed by atoms with Crippen LogP contribution < -0.4 is 10.1 Å². The number of nitro benzene ring substituents is 1. The van der Waals surface area contributed by atoms with E-state index in [9.17, 15) is 19.7 Å². The van der Waals surface area contributed by atoms with Crippen LogP contribution in [-0.2, 0) is 20.7 Å². The van der Waals surface area contributed by atoms with Crippen molar-refractivity contribution in [2.45, 2.75) is 33.2 Å². The summed E-state index contributed by atoms with van der Waals surface area (Å²) in [6.07, 6.45) is 0.999. The fraction of sp³-hybridized carbons (Fsp3) is 0.364. The maximum atomic E-state index is 12.0. The van der Waals surface area contributed by atoms with Gasteiger partial charge in [-0.3, -0.25) is 14.9 Å². The van der Waals surface area contributed by atoms with Gasteiger partial charge in [0.05, 0.1) is 11.0 Å². The molecule has 8 nitrogen and oxygen atoms in total. The molecule has 0 unspecified atom stereocenters. The number of rotatable bonds is 10. The smallest absolute Gasteiger partial charge is 0.344 e. The van der Waals surface area contributed by atoms with E-state index in [1.165, 1.54) is 29.8 Å². The van der Waals surface area contributed by atoms with Crippen LogP contribution in [0.5, 0.6) is 5.75 Å². The highest BCUT2D eigenvalue weighted by atomic mass is 16.6. The summed E-state index contributed by atoms with van der Waals surface area (Å²) in [7, 11) is 0. The second-order valence-corrected chi connectivity index (χ2v) is 7.33. The second kappa shape index (κ2) is 10.9. The summed E-state index contributed by atoms with van der Waals surface area (Å²) in [6, 6.07) is 13.1. The first kappa shape index (κ1) is 22.9. The number of nitro groups is 1. The standard InChI is InChI=1S/C22H26N2O6/c1-15(2)12-17-4-6-18(7-5-17)16(3)23-21(25)13-30-22(26)14-29-20-10-8-19(9-11-20)24(27)28/h4-11,15-16H,12-14H2,1-3H3,(H,23,25)/t16-/m1/s1. The first-order chi connectivity index (χ1) is 14.2. The summed E-state index contributed by atoms with van der Waals surface area (Å²) in [6.45, 7) is 5.36. The highest BCUT2D eigenvalue weighted by Crippen LogP contribution is 2.17. The van der Waals surface area contributed by atoms with Gasteiger partial charge in [-0.05, 0) is 42.5 Å². The van der Waals surface area contributed by atoms with Crippen molar-refractivity contribution in [2.75, 3.05) is 13.2 Å². The topological polar surface area (TPSA) is 108 Å². The molecule has 0 aliphatic carbocycles. The lowest BCUT2D eigenvalue weighted by Gasteiger charge is -2.15. The van der Waals surface area contributed by atoms with Gasteiger partial charge in [-0.1, -0.05) is 38.1 Å². The third-order valence-corrected chi connectivity index (χ3v) is 4.27. The molecule has 2 rings (SSSR count). The van der Waals surface area contributed by atoms with Crippen molar-refractivity contribution in [2.24, 2.45) is 5.92 Å². The number of carbonyl (C=O) groups is 2. The quantitative estimate of drug-likeness (QED) is 0.362. The van der Waals surface area contributed by atoms with E-state index in [0.29, 0.717) is 5.92 Å². The number of non-ortho nitro benzene ring substituents is 1. The van der Waals surface area contributed by atoms with Crippen LogP contribution in [0.3, 0.4) is 0 Å². The average Bonchev–Trinajstić information content (AvgIpc) is 2.71. The van der Waals surface area contributed by atoms with Crippen LogP contribution in [-0.4, -0.2) is 30.0 Å². The van der Waals surface area contributed by atoms with Crippen LogP contribution in [0, 0.1) is 16.0 Å². The molecule has 0 bridgehead atoms. The zero-order valence-corrected chi connectivity index (χ0v) is 17.3. The predicted octanol–water partition coefficient (Wildman–Crippen LogP) is 3.59. The lowest BCUT2D eigenvalue weighted by atomic mass is 10.00. The van der Waals surface area contributed by atoms with E-state index in [1.54, 1.807) is 0 Å². The van der Waals surface area contributed by atoms with E-state index in [2.05, 4.69) is 19.2 Å². The largest absolute Gasteiger partial charge is 0.482 e. The Labute approximate surface area is 175 Å². The lowest BCUT2D eigenvalue weighted by molar-refractivity contribution is -0.384. The van der Waals surface area contributed by atoms with Crippen molar-refractivity contribution in [3.8, 4) is 5.75 Å². The van der Waals surface area contributed by atoms with Crippen molar-refractivity contribution >= 4 is 17.6 Å². The molecule has 0 aliphatic rings. The lowest BCUT2D eigenvalue weighted by Crippen LogP contribution is -2.31. The molecule has 160 valence electrons. The molecule has 0 saturated heterocycles. The van der Waals surface area contributed by atoms with E-state index in [1.807, 2.05) is 31.2 Å². The van der Waals surface area contributed by atoms with Crippen LogP contribution in [0.2, 0.25) is 0 Å². The number of benzene rings is 2. The van der Waals surface area contributed by atoms with E-state index in [0.717, 1.165) is 12.0 Å². The van der Waals surface area contributed by atoms with Gasteiger partial charge in [0.15, 0.2) is 13.2 Å². The Kier molecular flexibility index (Phi) is 8.34. The molecule has 1 N–H and O–H groups in total. The fourth-order valence-corrected chi connectivity index (χ4v) is 2.77. The first-order valence-corrected chi connectivity index (χ1v) is 9.65. The summed E-state index contributed by atoms with van der Waals surface area (Å²) in [5, 5.41) is 13.4. The van der Waals surface area contributed by atoms with Crippen LogP contribution >= 0.6 is 0 Å². The molecular weight excluding hydrogens is 388 g/mol. The number of nitrogens with zero attached hydrogens (tertiary/aromatic N) is 1. The third-order valence-electron chi connectivity index (χ3n) is 4.27. The minimum atomic E-state index is -0.714. The molecule has 0 fully saturated rings. The Morgan fingerprint density at radius 2 is 1.63 bits per heavy atom. The van der Waals surface area contributed by atoms with Gasteiger partial charge in [-0.25, -0.2) is 4.79 Å². The number of amides is 1. The normalized spacial score (nSPS) is 11.6. The first-order valence-electron chi connectivity index (χ1n) is 9.65. The summed E-state index contributed by atoms with van der Waals surface area (Å²) in [5.74, 6) is -0.268. The zero-order valence-electron chi connectivity index (χ0n) is 17.3. The summed E-state index contributed by atoms with van der Waals surface area (Å²) < 4.78 is 10.1. The molecule has 0 aliphatic heterocycles. The molecule has 0 heterocycles. The predicted molar refractivity (Wildman–Crippen MR) is 111 cm³/mol. The Morgan fingerprint density at radius 3 is 2.20 bits per heavy atom. The van der Waals surface area contributed by atoms with Gasteiger partial charge in [0, 0.05) is 12.1 Å². The molecule has 0 spiro atoms. The van der Waals surface area contributed by atoms with Crippen molar-refractivity contribution in [3.63, 3.8) is 0 Å². The van der Waals surface area contributed by atoms with Crippen molar-refractivity contribution < 1.29 is 24.0 Å². The minimum absolute atomic E-state index is 0.0784. The van der Waals surface area contributed by atoms with Gasteiger partial charge in [0.1, 0.15) is 5.75 Å². The number of hydrogen-bond acceptors (Lipinski definition) is 6. The maximum absolute atomic E-state index is 12.0. The molecule has 2 aromatic carbocycles. The Hall–Kier alpha value is -3.42. The van der Waals surface area contributed by atoms with E-state index < -0.39 is 30.0 Å². The molecule has 8 heteroatoms. The Morgan fingerprint density at radius 1 is 1.00 bits per heavy atom. The number of hydrogen-bond donors (Lipinski definition) is 1. The molecule has 1 amide bonds. The third kappa shape index (κ3) is 7.54. The van der Waals surface area contributed by atoms with Crippen molar-refractivity contribution in [1.82, 2.24) is 5.32 Å². The number of ether oxygens (including phenoxy) is 2. The van der Waals surface area contributed by atoms with Gasteiger partial charge >= 0.3 is 5.97 Å². The Balaban J connectivity index is 1.72. The molecule has 0 radical (unpaired) electrons. The summed E-state index contributed by atoms with van der Waals surface area (Å²) in [4.78, 5) is 33.8. The van der Waals surface area contributed by atoms with Gasteiger partial charge < -0.3 is 14.8 Å². The highest BCUT2D eigenvalue weighted by Gasteiger charge is 2.13. The SMILES string of the molecule is CC(C)Cc1ccc([C@@H](C)NC(=O)COC(=O)COc2ccc([N+](=O)[O-])cc2)cc1. The van der Waals surface area contributed by atoms with Gasteiger partial charge in [0.25, 0.3) is 11.6 Å². The minimum Gasteiger partial charge on any atom is -0.482 e. The van der Waals surface area contributed by atoms with Gasteiger partial charge in [-0.2, -0.15) is 0 Å². The Bertz CT molecular complexity index is 862. The molecule has 0 saturated carbocycles. The monoisotopic (exact) mass is 414 g/mol. The highest BCUT2D eigenvalue weighted by molar-refractivity contribution is 5.81. The second-order valence-electron chi connectivity index (χ2n) is 7.33. The molecule has 2 aromatic rings. The molecule has 0 aromatic heterocycles. The van der Waals surface area contributed by atoms with Crippen molar-refractivity contribution in [1.29, 1.82) is 0 Å². The molecule has 30 heavy (non-hydrogen) atoms. The van der Waals surface area contributed by atoms with Crippen LogP contribution in [0.4, 0.5) is 5.69 Å². The fourth-order valence-electron chi connectivity index (χ4n) is 2.77. The maximum Gasteiger partial charge on any atom is 0.344 e. The summed E-state index contributed by atoms with van der Waals surface area (Å²) >= 11 is 0. The number of carbonyl (C=O) groups excluding carboxylic acids is 2. The molecular formula is C22H26N2O6. The summed E-state index contributed by atoms with van der Waals surface area (Å²) in [5.41, 5.74) is 2.13. The molecule has 1 atom stereocenters. The van der Waals surface area contributed by atoms with Crippen molar-refractivity contribution in [3.05, 3.63) is 69.8 Å².